The molecule has 0 radical (unpaired) electrons. The lowest BCUT2D eigenvalue weighted by atomic mass is 9.65. The van der Waals surface area contributed by atoms with Gasteiger partial charge in [0.2, 0.25) is 10.0 Å². The summed E-state index contributed by atoms with van der Waals surface area (Å²) in [5.41, 5.74) is 0.205. The molecule has 23 heavy (non-hydrogen) atoms. The van der Waals surface area contributed by atoms with E-state index in [4.69, 9.17) is 0 Å². The lowest BCUT2D eigenvalue weighted by Crippen LogP contribution is -2.51. The van der Waals surface area contributed by atoms with Crippen molar-refractivity contribution in [1.29, 1.82) is 0 Å². The van der Waals surface area contributed by atoms with E-state index < -0.39 is 10.0 Å². The predicted molar refractivity (Wildman–Crippen MR) is 85.6 cm³/mol. The third kappa shape index (κ3) is 3.18. The monoisotopic (exact) mass is 339 g/mol. The van der Waals surface area contributed by atoms with Gasteiger partial charge in [0, 0.05) is 32.2 Å². The third-order valence-corrected chi connectivity index (χ3v) is 5.63. The highest BCUT2D eigenvalue weighted by Gasteiger charge is 2.50. The standard InChI is InChI=1S/C15H21N3O4S/c1-17-12(4-3-5-13(17)19)14(20)18-7-6-15(10-18)8-11(9-15)16-23(2,21)22/h3-5,11,16H,6-10H2,1-2H3. The number of rotatable bonds is 3. The lowest BCUT2D eigenvalue weighted by Gasteiger charge is -2.45. The number of hydrogen-bond acceptors (Lipinski definition) is 4. The van der Waals surface area contributed by atoms with E-state index in [1.54, 1.807) is 24.1 Å². The molecule has 0 aromatic carbocycles. The van der Waals surface area contributed by atoms with Crippen LogP contribution in [0.15, 0.2) is 23.0 Å². The average Bonchev–Trinajstić information content (AvgIpc) is 2.84. The van der Waals surface area contributed by atoms with Crippen molar-refractivity contribution in [1.82, 2.24) is 14.2 Å². The van der Waals surface area contributed by atoms with Gasteiger partial charge in [0.15, 0.2) is 0 Å². The smallest absolute Gasteiger partial charge is 0.270 e. The van der Waals surface area contributed by atoms with Crippen LogP contribution in [0.2, 0.25) is 0 Å². The molecule has 2 heterocycles. The number of pyridine rings is 1. The van der Waals surface area contributed by atoms with Crippen molar-refractivity contribution in [2.24, 2.45) is 12.5 Å². The summed E-state index contributed by atoms with van der Waals surface area (Å²) in [7, 11) is -1.59. The quantitative estimate of drug-likeness (QED) is 0.835. The Kier molecular flexibility index (Phi) is 3.84. The molecule has 1 spiro atoms. The van der Waals surface area contributed by atoms with Crippen molar-refractivity contribution in [3.63, 3.8) is 0 Å². The molecule has 0 bridgehead atoms. The zero-order valence-electron chi connectivity index (χ0n) is 13.3. The number of amides is 1. The summed E-state index contributed by atoms with van der Waals surface area (Å²) in [4.78, 5) is 26.0. The second kappa shape index (κ2) is 5.45. The molecule has 1 saturated carbocycles. The van der Waals surface area contributed by atoms with Gasteiger partial charge < -0.3 is 9.47 Å². The summed E-state index contributed by atoms with van der Waals surface area (Å²) in [6, 6.07) is 4.65. The SMILES string of the molecule is Cn1c(C(=O)N2CCC3(CC(NS(C)(=O)=O)C3)C2)cccc1=O. The molecule has 8 heteroatoms. The van der Waals surface area contributed by atoms with Gasteiger partial charge in [-0.3, -0.25) is 9.59 Å². The van der Waals surface area contributed by atoms with Crippen LogP contribution in [0.25, 0.3) is 0 Å². The highest BCUT2D eigenvalue weighted by atomic mass is 32.2. The van der Waals surface area contributed by atoms with E-state index in [0.717, 1.165) is 19.3 Å². The average molecular weight is 339 g/mol. The molecule has 2 aliphatic rings. The summed E-state index contributed by atoms with van der Waals surface area (Å²) < 4.78 is 26.5. The van der Waals surface area contributed by atoms with Crippen molar-refractivity contribution in [2.75, 3.05) is 19.3 Å². The number of sulfonamides is 1. The van der Waals surface area contributed by atoms with E-state index in [9.17, 15) is 18.0 Å². The van der Waals surface area contributed by atoms with Gasteiger partial charge in [-0.15, -0.1) is 0 Å². The molecule has 126 valence electrons. The van der Waals surface area contributed by atoms with E-state index in [2.05, 4.69) is 4.72 Å². The van der Waals surface area contributed by atoms with Crippen molar-refractivity contribution < 1.29 is 13.2 Å². The van der Waals surface area contributed by atoms with Crippen LogP contribution >= 0.6 is 0 Å². The number of nitrogens with one attached hydrogen (secondary N) is 1. The minimum atomic E-state index is -3.18. The molecule has 1 aromatic heterocycles. The minimum absolute atomic E-state index is 0.0195. The van der Waals surface area contributed by atoms with Gasteiger partial charge in [0.05, 0.1) is 6.26 Å². The molecule has 0 unspecified atom stereocenters. The first-order valence-corrected chi connectivity index (χ1v) is 9.51. The molecule has 3 rings (SSSR count). The molecule has 1 saturated heterocycles. The number of hydrogen-bond donors (Lipinski definition) is 1. The predicted octanol–water partition coefficient (Wildman–Crippen LogP) is -0.0708. The van der Waals surface area contributed by atoms with Crippen molar-refractivity contribution >= 4 is 15.9 Å². The van der Waals surface area contributed by atoms with Crippen LogP contribution in [-0.4, -0.2) is 49.2 Å². The van der Waals surface area contributed by atoms with Gasteiger partial charge in [-0.1, -0.05) is 6.07 Å². The van der Waals surface area contributed by atoms with E-state index >= 15 is 0 Å². The summed E-state index contributed by atoms with van der Waals surface area (Å²) in [6.07, 6.45) is 3.56. The Bertz CT molecular complexity index is 793. The maximum atomic E-state index is 12.6. The Labute approximate surface area is 135 Å². The Morgan fingerprint density at radius 1 is 1.35 bits per heavy atom. The number of nitrogens with zero attached hydrogens (tertiary/aromatic N) is 2. The molecule has 1 amide bonds. The number of likely N-dealkylation sites (tertiary alicyclic amines) is 1. The van der Waals surface area contributed by atoms with E-state index in [0.29, 0.717) is 18.8 Å². The second-order valence-electron chi connectivity index (χ2n) is 6.78. The number of carbonyl (C=O) groups excluding carboxylic acids is 1. The van der Waals surface area contributed by atoms with Crippen LogP contribution in [0.3, 0.4) is 0 Å². The molecule has 1 N–H and O–H groups in total. The fourth-order valence-electron chi connectivity index (χ4n) is 3.75. The van der Waals surface area contributed by atoms with Crippen LogP contribution in [0, 0.1) is 5.41 Å². The molecule has 7 nitrogen and oxygen atoms in total. The molecule has 1 aliphatic heterocycles. The van der Waals surface area contributed by atoms with Crippen LogP contribution in [0.4, 0.5) is 0 Å². The first-order chi connectivity index (χ1) is 10.7. The molecule has 0 atom stereocenters. The normalized spacial score (nSPS) is 27.2. The van der Waals surface area contributed by atoms with Gasteiger partial charge in [-0.25, -0.2) is 13.1 Å². The Balaban J connectivity index is 1.66. The zero-order valence-corrected chi connectivity index (χ0v) is 14.1. The Morgan fingerprint density at radius 3 is 2.70 bits per heavy atom. The molecule has 2 fully saturated rings. The van der Waals surface area contributed by atoms with Gasteiger partial charge in [-0.2, -0.15) is 0 Å². The van der Waals surface area contributed by atoms with Crippen molar-refractivity contribution in [3.05, 3.63) is 34.2 Å². The van der Waals surface area contributed by atoms with Gasteiger partial charge in [0.1, 0.15) is 5.69 Å². The highest BCUT2D eigenvalue weighted by Crippen LogP contribution is 2.48. The van der Waals surface area contributed by atoms with E-state index in [1.807, 2.05) is 0 Å². The molecular formula is C15H21N3O4S. The molecule has 1 aliphatic carbocycles. The number of aromatic nitrogens is 1. The van der Waals surface area contributed by atoms with E-state index in [1.165, 1.54) is 16.9 Å². The Hall–Kier alpha value is -1.67. The van der Waals surface area contributed by atoms with Crippen LogP contribution in [0.5, 0.6) is 0 Å². The lowest BCUT2D eigenvalue weighted by molar-refractivity contribution is 0.0679. The van der Waals surface area contributed by atoms with Crippen LogP contribution in [-0.2, 0) is 17.1 Å². The fourth-order valence-corrected chi connectivity index (χ4v) is 4.53. The molecule has 1 aromatic rings. The van der Waals surface area contributed by atoms with Gasteiger partial charge in [0.25, 0.3) is 11.5 Å². The highest BCUT2D eigenvalue weighted by molar-refractivity contribution is 7.88. The van der Waals surface area contributed by atoms with Crippen LogP contribution < -0.4 is 10.3 Å². The maximum Gasteiger partial charge on any atom is 0.270 e. The topological polar surface area (TPSA) is 88.5 Å². The van der Waals surface area contributed by atoms with Crippen molar-refractivity contribution in [2.45, 2.75) is 25.3 Å². The first-order valence-electron chi connectivity index (χ1n) is 7.62. The number of carbonyl (C=O) groups is 1. The largest absolute Gasteiger partial charge is 0.337 e. The zero-order chi connectivity index (χ0) is 16.8. The first kappa shape index (κ1) is 16.2. The van der Waals surface area contributed by atoms with E-state index in [-0.39, 0.29) is 22.9 Å². The second-order valence-corrected chi connectivity index (χ2v) is 8.56. The summed E-state index contributed by atoms with van der Waals surface area (Å²) in [5, 5.41) is 0. The van der Waals surface area contributed by atoms with Crippen molar-refractivity contribution in [3.8, 4) is 0 Å². The van der Waals surface area contributed by atoms with Gasteiger partial charge >= 0.3 is 0 Å². The fraction of sp³-hybridized carbons (Fsp3) is 0.600. The van der Waals surface area contributed by atoms with Crippen LogP contribution in [0.1, 0.15) is 29.8 Å². The third-order valence-electron chi connectivity index (χ3n) is 4.87. The Morgan fingerprint density at radius 2 is 2.04 bits per heavy atom. The summed E-state index contributed by atoms with van der Waals surface area (Å²) in [6.45, 7) is 1.27. The molecular weight excluding hydrogens is 318 g/mol. The summed E-state index contributed by atoms with van der Waals surface area (Å²) in [5.74, 6) is -0.137. The maximum absolute atomic E-state index is 12.6. The summed E-state index contributed by atoms with van der Waals surface area (Å²) >= 11 is 0. The van der Waals surface area contributed by atoms with Gasteiger partial charge in [-0.05, 0) is 30.7 Å². The minimum Gasteiger partial charge on any atom is -0.337 e.